The van der Waals surface area contributed by atoms with Crippen molar-refractivity contribution in [2.75, 3.05) is 27.4 Å². The van der Waals surface area contributed by atoms with Crippen molar-refractivity contribution < 1.29 is 19.0 Å². The third kappa shape index (κ3) is 4.31. The molecule has 0 unspecified atom stereocenters. The van der Waals surface area contributed by atoms with E-state index < -0.39 is 5.97 Å². The van der Waals surface area contributed by atoms with E-state index in [1.165, 1.54) is 13.2 Å². The van der Waals surface area contributed by atoms with E-state index in [-0.39, 0.29) is 12.2 Å². The van der Waals surface area contributed by atoms with Crippen LogP contribution in [0.4, 0.5) is 0 Å². The van der Waals surface area contributed by atoms with Crippen LogP contribution in [-0.4, -0.2) is 33.4 Å². The van der Waals surface area contributed by atoms with E-state index in [9.17, 15) is 4.79 Å². The van der Waals surface area contributed by atoms with Gasteiger partial charge in [0.15, 0.2) is 0 Å². The first-order valence-electron chi connectivity index (χ1n) is 7.03. The molecule has 0 radical (unpaired) electrons. The van der Waals surface area contributed by atoms with Gasteiger partial charge < -0.3 is 14.2 Å². The molecule has 0 aliphatic rings. The van der Waals surface area contributed by atoms with Gasteiger partial charge >= 0.3 is 5.97 Å². The summed E-state index contributed by atoms with van der Waals surface area (Å²) in [4.78, 5) is 11.8. The molecule has 5 heteroatoms. The lowest BCUT2D eigenvalue weighted by atomic mass is 10.0. The fraction of sp³-hybridized carbons (Fsp3) is 0.222. The molecular weight excluding hydrogens is 294 g/mol. The number of nitrogens with zero attached hydrogens (tertiary/aromatic N) is 1. The van der Waals surface area contributed by atoms with Gasteiger partial charge in [-0.1, -0.05) is 18.2 Å². The van der Waals surface area contributed by atoms with Gasteiger partial charge in [-0.05, 0) is 40.6 Å². The molecule has 0 amide bonds. The number of ether oxygens (including phenoxy) is 3. The Morgan fingerprint density at radius 3 is 2.57 bits per heavy atom. The molecule has 2 rings (SSSR count). The number of carbonyl (C=O) groups is 1. The Morgan fingerprint density at radius 1 is 1.13 bits per heavy atom. The Kier molecular flexibility index (Phi) is 5.73. The van der Waals surface area contributed by atoms with Crippen molar-refractivity contribution in [2.45, 2.75) is 0 Å². The maximum absolute atomic E-state index is 11.8. The zero-order chi connectivity index (χ0) is 16.7. The summed E-state index contributed by atoms with van der Waals surface area (Å²) in [6.45, 7) is 0.411. The minimum atomic E-state index is -0.653. The van der Waals surface area contributed by atoms with Gasteiger partial charge in [0, 0.05) is 7.11 Å². The van der Waals surface area contributed by atoms with Crippen molar-refractivity contribution in [2.24, 2.45) is 0 Å². The molecule has 0 atom stereocenters. The third-order valence-electron chi connectivity index (χ3n) is 3.24. The molecule has 0 N–H and O–H groups in total. The van der Waals surface area contributed by atoms with Crippen LogP contribution in [0.5, 0.6) is 5.75 Å². The summed E-state index contributed by atoms with van der Waals surface area (Å²) in [7, 11) is 3.13. The quantitative estimate of drug-likeness (QED) is 0.355. The summed E-state index contributed by atoms with van der Waals surface area (Å²) in [6.07, 6.45) is 1.51. The van der Waals surface area contributed by atoms with Gasteiger partial charge in [0.05, 0.1) is 13.7 Å². The number of rotatable bonds is 6. The average molecular weight is 311 g/mol. The SMILES string of the molecule is COCCOC(=O)/C(C#N)=C/c1ccc2cc(OC)ccc2c1. The van der Waals surface area contributed by atoms with Crippen LogP contribution in [0.1, 0.15) is 5.56 Å². The minimum absolute atomic E-state index is 0.0473. The van der Waals surface area contributed by atoms with Crippen LogP contribution in [-0.2, 0) is 14.3 Å². The van der Waals surface area contributed by atoms with Gasteiger partial charge in [-0.2, -0.15) is 5.26 Å². The highest BCUT2D eigenvalue weighted by molar-refractivity contribution is 5.98. The number of benzene rings is 2. The molecule has 0 heterocycles. The zero-order valence-electron chi connectivity index (χ0n) is 13.0. The summed E-state index contributed by atoms with van der Waals surface area (Å²) in [5, 5.41) is 11.1. The lowest BCUT2D eigenvalue weighted by molar-refractivity contribution is -0.139. The Bertz CT molecular complexity index is 774. The highest BCUT2D eigenvalue weighted by Crippen LogP contribution is 2.22. The molecule has 0 saturated carbocycles. The molecule has 0 fully saturated rings. The van der Waals surface area contributed by atoms with Gasteiger partial charge in [-0.15, -0.1) is 0 Å². The molecule has 23 heavy (non-hydrogen) atoms. The van der Waals surface area contributed by atoms with Gasteiger partial charge in [0.1, 0.15) is 24.0 Å². The molecule has 0 bridgehead atoms. The molecule has 0 aromatic heterocycles. The van der Waals surface area contributed by atoms with Crippen molar-refractivity contribution in [3.8, 4) is 11.8 Å². The summed E-state index contributed by atoms with van der Waals surface area (Å²) < 4.78 is 14.9. The van der Waals surface area contributed by atoms with Crippen LogP contribution in [0.3, 0.4) is 0 Å². The van der Waals surface area contributed by atoms with Crippen molar-refractivity contribution in [1.82, 2.24) is 0 Å². The fourth-order valence-corrected chi connectivity index (χ4v) is 2.06. The summed E-state index contributed by atoms with van der Waals surface area (Å²) in [5.41, 5.74) is 0.705. The van der Waals surface area contributed by atoms with E-state index in [2.05, 4.69) is 0 Å². The number of nitriles is 1. The molecule has 2 aromatic carbocycles. The van der Waals surface area contributed by atoms with E-state index in [1.807, 2.05) is 42.5 Å². The van der Waals surface area contributed by atoms with E-state index in [1.54, 1.807) is 7.11 Å². The van der Waals surface area contributed by atoms with Crippen LogP contribution in [0.2, 0.25) is 0 Å². The number of hydrogen-bond donors (Lipinski definition) is 0. The average Bonchev–Trinajstić information content (AvgIpc) is 2.59. The van der Waals surface area contributed by atoms with Crippen LogP contribution >= 0.6 is 0 Å². The maximum atomic E-state index is 11.8. The second-order valence-corrected chi connectivity index (χ2v) is 4.77. The van der Waals surface area contributed by atoms with Crippen LogP contribution in [0, 0.1) is 11.3 Å². The van der Waals surface area contributed by atoms with Crippen molar-refractivity contribution in [3.63, 3.8) is 0 Å². The number of fused-ring (bicyclic) bond motifs is 1. The van der Waals surface area contributed by atoms with Crippen LogP contribution in [0.25, 0.3) is 16.8 Å². The maximum Gasteiger partial charge on any atom is 0.348 e. The lowest BCUT2D eigenvalue weighted by Crippen LogP contribution is -2.11. The second-order valence-electron chi connectivity index (χ2n) is 4.77. The van der Waals surface area contributed by atoms with Crippen molar-refractivity contribution in [1.29, 1.82) is 5.26 Å². The lowest BCUT2D eigenvalue weighted by Gasteiger charge is -2.05. The molecule has 0 aliphatic carbocycles. The van der Waals surface area contributed by atoms with Crippen LogP contribution in [0.15, 0.2) is 42.0 Å². The van der Waals surface area contributed by atoms with Gasteiger partial charge in [0.2, 0.25) is 0 Å². The fourth-order valence-electron chi connectivity index (χ4n) is 2.06. The van der Waals surface area contributed by atoms with Gasteiger partial charge in [0.25, 0.3) is 0 Å². The molecule has 0 spiro atoms. The standard InChI is InChI=1S/C18H17NO4/c1-21-7-8-23-18(20)16(12-19)10-13-3-4-15-11-17(22-2)6-5-14(15)9-13/h3-6,9-11H,7-8H2,1-2H3/b16-10+. The smallest absolute Gasteiger partial charge is 0.348 e. The van der Waals surface area contributed by atoms with E-state index in [4.69, 9.17) is 19.5 Å². The largest absolute Gasteiger partial charge is 0.497 e. The molecule has 5 nitrogen and oxygen atoms in total. The Hall–Kier alpha value is -2.84. The second kappa shape index (κ2) is 7.97. The van der Waals surface area contributed by atoms with E-state index in [0.29, 0.717) is 6.61 Å². The molecular formula is C18H17NO4. The Balaban J connectivity index is 2.24. The summed E-state index contributed by atoms with van der Waals surface area (Å²) in [6, 6.07) is 13.2. The highest BCUT2D eigenvalue weighted by Gasteiger charge is 2.10. The molecule has 2 aromatic rings. The first kappa shape index (κ1) is 16.5. The minimum Gasteiger partial charge on any atom is -0.497 e. The van der Waals surface area contributed by atoms with Gasteiger partial charge in [-0.3, -0.25) is 0 Å². The highest BCUT2D eigenvalue weighted by atomic mass is 16.6. The van der Waals surface area contributed by atoms with Crippen molar-refractivity contribution in [3.05, 3.63) is 47.5 Å². The van der Waals surface area contributed by atoms with E-state index >= 15 is 0 Å². The first-order chi connectivity index (χ1) is 11.2. The Labute approximate surface area is 134 Å². The number of esters is 1. The van der Waals surface area contributed by atoms with Gasteiger partial charge in [-0.25, -0.2) is 4.79 Å². The number of carbonyl (C=O) groups excluding carboxylic acids is 1. The van der Waals surface area contributed by atoms with Crippen molar-refractivity contribution >= 4 is 22.8 Å². The Morgan fingerprint density at radius 2 is 1.87 bits per heavy atom. The normalized spacial score (nSPS) is 11.1. The predicted molar refractivity (Wildman–Crippen MR) is 86.9 cm³/mol. The third-order valence-corrected chi connectivity index (χ3v) is 3.24. The number of hydrogen-bond acceptors (Lipinski definition) is 5. The van der Waals surface area contributed by atoms with E-state index in [0.717, 1.165) is 22.1 Å². The predicted octanol–water partition coefficient (Wildman–Crippen LogP) is 2.94. The zero-order valence-corrected chi connectivity index (χ0v) is 13.0. The molecule has 0 saturated heterocycles. The van der Waals surface area contributed by atoms with Crippen LogP contribution < -0.4 is 4.74 Å². The first-order valence-corrected chi connectivity index (χ1v) is 7.03. The monoisotopic (exact) mass is 311 g/mol. The number of methoxy groups -OCH3 is 2. The summed E-state index contributed by atoms with van der Waals surface area (Å²) >= 11 is 0. The molecule has 118 valence electrons. The molecule has 0 aliphatic heterocycles. The summed E-state index contributed by atoms with van der Waals surface area (Å²) in [5.74, 6) is 0.125. The topological polar surface area (TPSA) is 68.5 Å².